The van der Waals surface area contributed by atoms with Gasteiger partial charge in [0.05, 0.1) is 12.5 Å². The number of hydrogen-bond donors (Lipinski definition) is 1. The standard InChI is InChI=1S/C13H21NO4/c1-9-5-6-14(12(9)13(16)17)11(15)8-10-4-2-3-7-18-10/h9-10,12H,2-8H2,1H3,(H,16,17). The van der Waals surface area contributed by atoms with Crippen LogP contribution >= 0.6 is 0 Å². The van der Waals surface area contributed by atoms with Crippen LogP contribution in [0, 0.1) is 5.92 Å². The van der Waals surface area contributed by atoms with Crippen LogP contribution in [0.4, 0.5) is 0 Å². The van der Waals surface area contributed by atoms with E-state index in [1.807, 2.05) is 6.92 Å². The van der Waals surface area contributed by atoms with Gasteiger partial charge in [-0.15, -0.1) is 0 Å². The Balaban J connectivity index is 1.93. The topological polar surface area (TPSA) is 66.8 Å². The zero-order valence-electron chi connectivity index (χ0n) is 10.8. The molecule has 1 amide bonds. The normalized spacial score (nSPS) is 32.5. The SMILES string of the molecule is CC1CCN(C(=O)CC2CCCCO2)C1C(=O)O. The molecule has 2 fully saturated rings. The van der Waals surface area contributed by atoms with Crippen molar-refractivity contribution in [1.82, 2.24) is 4.90 Å². The number of carbonyl (C=O) groups is 2. The lowest BCUT2D eigenvalue weighted by molar-refractivity contribution is -0.150. The first-order valence-corrected chi connectivity index (χ1v) is 6.73. The molecule has 5 heteroatoms. The minimum absolute atomic E-state index is 0.0170. The lowest BCUT2D eigenvalue weighted by Crippen LogP contribution is -2.44. The molecule has 0 radical (unpaired) electrons. The van der Waals surface area contributed by atoms with E-state index in [1.165, 1.54) is 4.90 Å². The molecule has 18 heavy (non-hydrogen) atoms. The summed E-state index contributed by atoms with van der Waals surface area (Å²) < 4.78 is 5.54. The van der Waals surface area contributed by atoms with E-state index in [2.05, 4.69) is 0 Å². The van der Waals surface area contributed by atoms with Gasteiger partial charge in [-0.1, -0.05) is 6.92 Å². The molecule has 0 saturated carbocycles. The second-order valence-corrected chi connectivity index (χ2v) is 5.33. The van der Waals surface area contributed by atoms with Crippen LogP contribution in [-0.2, 0) is 14.3 Å². The lowest BCUT2D eigenvalue weighted by atomic mass is 10.0. The van der Waals surface area contributed by atoms with Gasteiger partial charge in [0.2, 0.25) is 5.91 Å². The number of amides is 1. The molecule has 2 rings (SSSR count). The summed E-state index contributed by atoms with van der Waals surface area (Å²) in [6.07, 6.45) is 4.15. The van der Waals surface area contributed by atoms with E-state index in [9.17, 15) is 14.7 Å². The Morgan fingerprint density at radius 2 is 2.11 bits per heavy atom. The van der Waals surface area contributed by atoms with Gasteiger partial charge in [0.15, 0.2) is 0 Å². The van der Waals surface area contributed by atoms with Crippen molar-refractivity contribution in [3.8, 4) is 0 Å². The molecule has 2 saturated heterocycles. The third-order valence-electron chi connectivity index (χ3n) is 3.95. The summed E-state index contributed by atoms with van der Waals surface area (Å²) in [7, 11) is 0. The molecular weight excluding hydrogens is 234 g/mol. The fourth-order valence-corrected chi connectivity index (χ4v) is 2.88. The smallest absolute Gasteiger partial charge is 0.326 e. The molecule has 2 aliphatic rings. The number of aliphatic carboxylic acids is 1. The fraction of sp³-hybridized carbons (Fsp3) is 0.846. The molecule has 3 atom stereocenters. The van der Waals surface area contributed by atoms with Gasteiger partial charge < -0.3 is 14.7 Å². The molecule has 0 spiro atoms. The van der Waals surface area contributed by atoms with E-state index in [0.717, 1.165) is 32.3 Å². The maximum atomic E-state index is 12.2. The van der Waals surface area contributed by atoms with Gasteiger partial charge in [-0.05, 0) is 31.6 Å². The number of likely N-dealkylation sites (tertiary alicyclic amines) is 1. The highest BCUT2D eigenvalue weighted by molar-refractivity contribution is 5.84. The van der Waals surface area contributed by atoms with Crippen LogP contribution in [-0.4, -0.2) is 47.2 Å². The number of carboxylic acids is 1. The highest BCUT2D eigenvalue weighted by Crippen LogP contribution is 2.26. The lowest BCUT2D eigenvalue weighted by Gasteiger charge is -2.27. The van der Waals surface area contributed by atoms with Gasteiger partial charge in [-0.3, -0.25) is 4.79 Å². The van der Waals surface area contributed by atoms with Crippen molar-refractivity contribution in [1.29, 1.82) is 0 Å². The minimum atomic E-state index is -0.891. The quantitative estimate of drug-likeness (QED) is 0.824. The maximum absolute atomic E-state index is 12.2. The van der Waals surface area contributed by atoms with Crippen molar-refractivity contribution in [3.63, 3.8) is 0 Å². The fourth-order valence-electron chi connectivity index (χ4n) is 2.88. The summed E-state index contributed by atoms with van der Waals surface area (Å²) in [6.45, 7) is 3.17. The molecule has 1 N–H and O–H groups in total. The van der Waals surface area contributed by atoms with Crippen LogP contribution < -0.4 is 0 Å². The first kappa shape index (κ1) is 13.3. The van der Waals surface area contributed by atoms with Crippen LogP contribution in [0.25, 0.3) is 0 Å². The van der Waals surface area contributed by atoms with E-state index in [0.29, 0.717) is 13.0 Å². The van der Waals surface area contributed by atoms with Gasteiger partial charge in [0.25, 0.3) is 0 Å². The molecule has 2 heterocycles. The van der Waals surface area contributed by atoms with E-state index in [-0.39, 0.29) is 17.9 Å². The van der Waals surface area contributed by atoms with E-state index in [4.69, 9.17) is 4.74 Å². The molecule has 0 bridgehead atoms. The molecule has 0 aliphatic carbocycles. The summed E-state index contributed by atoms with van der Waals surface area (Å²) in [6, 6.07) is -0.652. The number of ether oxygens (including phenoxy) is 1. The predicted octanol–water partition coefficient (Wildman–Crippen LogP) is 1.27. The van der Waals surface area contributed by atoms with Crippen molar-refractivity contribution >= 4 is 11.9 Å². The molecular formula is C13H21NO4. The number of rotatable bonds is 3. The van der Waals surface area contributed by atoms with Crippen molar-refractivity contribution in [2.45, 2.75) is 51.2 Å². The van der Waals surface area contributed by atoms with Crippen LogP contribution in [0.2, 0.25) is 0 Å². The van der Waals surface area contributed by atoms with Crippen molar-refractivity contribution in [2.75, 3.05) is 13.2 Å². The minimum Gasteiger partial charge on any atom is -0.480 e. The second-order valence-electron chi connectivity index (χ2n) is 5.33. The Labute approximate surface area is 107 Å². The van der Waals surface area contributed by atoms with Gasteiger partial charge in [-0.25, -0.2) is 4.79 Å². The van der Waals surface area contributed by atoms with Crippen LogP contribution in [0.5, 0.6) is 0 Å². The van der Waals surface area contributed by atoms with Crippen molar-refractivity contribution < 1.29 is 19.4 Å². The maximum Gasteiger partial charge on any atom is 0.326 e. The Morgan fingerprint density at radius 1 is 1.33 bits per heavy atom. The molecule has 5 nitrogen and oxygen atoms in total. The highest BCUT2D eigenvalue weighted by Gasteiger charge is 2.39. The first-order chi connectivity index (χ1) is 8.59. The number of carboxylic acid groups (broad SMARTS) is 1. The Hall–Kier alpha value is -1.10. The first-order valence-electron chi connectivity index (χ1n) is 6.73. The summed E-state index contributed by atoms with van der Waals surface area (Å²) in [5.41, 5.74) is 0. The van der Waals surface area contributed by atoms with Crippen LogP contribution in [0.3, 0.4) is 0 Å². The molecule has 3 unspecified atom stereocenters. The monoisotopic (exact) mass is 255 g/mol. The van der Waals surface area contributed by atoms with Gasteiger partial charge in [-0.2, -0.15) is 0 Å². The van der Waals surface area contributed by atoms with Crippen molar-refractivity contribution in [3.05, 3.63) is 0 Å². The number of nitrogens with zero attached hydrogens (tertiary/aromatic N) is 1. The van der Waals surface area contributed by atoms with Gasteiger partial charge in [0.1, 0.15) is 6.04 Å². The molecule has 0 aromatic heterocycles. The molecule has 0 aromatic carbocycles. The summed E-state index contributed by atoms with van der Waals surface area (Å²) >= 11 is 0. The summed E-state index contributed by atoms with van der Waals surface area (Å²) in [5.74, 6) is -0.921. The Kier molecular flexibility index (Phi) is 4.22. The van der Waals surface area contributed by atoms with E-state index >= 15 is 0 Å². The van der Waals surface area contributed by atoms with E-state index in [1.54, 1.807) is 0 Å². The van der Waals surface area contributed by atoms with Gasteiger partial charge in [0, 0.05) is 13.2 Å². The predicted molar refractivity (Wildman–Crippen MR) is 65.1 cm³/mol. The largest absolute Gasteiger partial charge is 0.480 e. The average molecular weight is 255 g/mol. The molecule has 0 aromatic rings. The Morgan fingerprint density at radius 3 is 2.72 bits per heavy atom. The number of carbonyl (C=O) groups excluding carboxylic acids is 1. The number of hydrogen-bond acceptors (Lipinski definition) is 3. The zero-order valence-corrected chi connectivity index (χ0v) is 10.8. The second kappa shape index (κ2) is 5.69. The highest BCUT2D eigenvalue weighted by atomic mass is 16.5. The average Bonchev–Trinajstić information content (AvgIpc) is 2.72. The Bertz CT molecular complexity index is 325. The third kappa shape index (κ3) is 2.83. The van der Waals surface area contributed by atoms with E-state index < -0.39 is 12.0 Å². The van der Waals surface area contributed by atoms with Gasteiger partial charge >= 0.3 is 5.97 Å². The summed E-state index contributed by atoms with van der Waals surface area (Å²) in [4.78, 5) is 24.9. The summed E-state index contributed by atoms with van der Waals surface area (Å²) in [5, 5.41) is 9.18. The zero-order chi connectivity index (χ0) is 13.1. The molecule has 2 aliphatic heterocycles. The third-order valence-corrected chi connectivity index (χ3v) is 3.95. The van der Waals surface area contributed by atoms with Crippen LogP contribution in [0.1, 0.15) is 39.0 Å². The van der Waals surface area contributed by atoms with Crippen LogP contribution in [0.15, 0.2) is 0 Å². The molecule has 102 valence electrons. The van der Waals surface area contributed by atoms with Crippen molar-refractivity contribution in [2.24, 2.45) is 5.92 Å².